The van der Waals surface area contributed by atoms with Crippen LogP contribution in [0, 0.1) is 6.92 Å². The number of halogens is 1. The molecule has 1 aromatic carbocycles. The summed E-state index contributed by atoms with van der Waals surface area (Å²) in [7, 11) is 0. The molecule has 0 aliphatic rings. The van der Waals surface area contributed by atoms with Crippen molar-refractivity contribution in [1.82, 2.24) is 9.97 Å². The van der Waals surface area contributed by atoms with E-state index in [4.69, 9.17) is 0 Å². The Bertz CT molecular complexity index is 388. The highest BCUT2D eigenvalue weighted by molar-refractivity contribution is 14.1. The molecule has 1 aromatic heterocycles. The second-order valence-corrected chi connectivity index (χ2v) is 2.50. The molecule has 0 aliphatic carbocycles. The number of hydrogen-bond donors (Lipinski definition) is 0. The van der Waals surface area contributed by atoms with Gasteiger partial charge in [0, 0.05) is 6.20 Å². The average Bonchev–Trinajstić information content (AvgIpc) is 2.34. The summed E-state index contributed by atoms with van der Waals surface area (Å²) in [5.41, 5.74) is 2.88. The molecule has 15 heavy (non-hydrogen) atoms. The molecular weight excluding hydrogens is 299 g/mol. The summed E-state index contributed by atoms with van der Waals surface area (Å²) in [5, 5.41) is 0. The first-order valence-corrected chi connectivity index (χ1v) is 7.08. The van der Waals surface area contributed by atoms with Crippen LogP contribution in [0.25, 0.3) is 11.0 Å². The van der Waals surface area contributed by atoms with Crippen molar-refractivity contribution in [3.63, 3.8) is 0 Å². The van der Waals surface area contributed by atoms with Crippen LogP contribution in [0.5, 0.6) is 0 Å². The molecule has 1 heterocycles. The van der Waals surface area contributed by atoms with Gasteiger partial charge in [-0.15, -0.1) is 0 Å². The lowest BCUT2D eigenvalue weighted by Crippen LogP contribution is -1.85. The second-order valence-electron chi connectivity index (χ2n) is 2.50. The fourth-order valence-corrected chi connectivity index (χ4v) is 1.05. The predicted octanol–water partition coefficient (Wildman–Crippen LogP) is 4.02. The number of alkyl halides is 1. The van der Waals surface area contributed by atoms with Gasteiger partial charge in [-0.1, -0.05) is 48.6 Å². The summed E-state index contributed by atoms with van der Waals surface area (Å²) in [6, 6.07) is 7.86. The molecule has 82 valence electrons. The third kappa shape index (κ3) is 4.55. The van der Waals surface area contributed by atoms with Crippen molar-refractivity contribution in [3.8, 4) is 0 Å². The molecule has 0 saturated carbocycles. The monoisotopic (exact) mass is 316 g/mol. The molecule has 2 rings (SSSR count). The third-order valence-electron chi connectivity index (χ3n) is 1.57. The van der Waals surface area contributed by atoms with Crippen LogP contribution in [0.3, 0.4) is 0 Å². The van der Waals surface area contributed by atoms with Crippen LogP contribution in [-0.4, -0.2) is 14.9 Å². The van der Waals surface area contributed by atoms with Gasteiger partial charge in [0.05, 0.1) is 16.7 Å². The molecule has 0 spiro atoms. The van der Waals surface area contributed by atoms with Gasteiger partial charge in [-0.25, -0.2) is 4.98 Å². The Hall–Kier alpha value is -0.710. The van der Waals surface area contributed by atoms with Gasteiger partial charge >= 0.3 is 0 Å². The number of rotatable bonds is 0. The number of aromatic nitrogens is 2. The van der Waals surface area contributed by atoms with Crippen molar-refractivity contribution in [2.24, 2.45) is 0 Å². The molecule has 2 aromatic rings. The molecule has 0 fully saturated rings. The first-order chi connectivity index (χ1) is 7.36. The van der Waals surface area contributed by atoms with Crippen molar-refractivity contribution in [1.29, 1.82) is 0 Å². The zero-order valence-corrected chi connectivity index (χ0v) is 11.8. The second kappa shape index (κ2) is 8.59. The maximum atomic E-state index is 4.31. The summed E-state index contributed by atoms with van der Waals surface area (Å²) >= 11 is 2.15. The summed E-state index contributed by atoms with van der Waals surface area (Å²) in [5.74, 6) is 0. The smallest absolute Gasteiger partial charge is 0.0889 e. The van der Waals surface area contributed by atoms with Crippen LogP contribution >= 0.6 is 22.6 Å². The topological polar surface area (TPSA) is 25.8 Å². The van der Waals surface area contributed by atoms with E-state index in [1.807, 2.05) is 50.0 Å². The van der Waals surface area contributed by atoms with Crippen molar-refractivity contribution in [3.05, 3.63) is 36.2 Å². The molecule has 0 amide bonds. The highest BCUT2D eigenvalue weighted by Gasteiger charge is 1.92. The minimum absolute atomic E-state index is 0.957. The van der Waals surface area contributed by atoms with E-state index < -0.39 is 0 Å². The van der Waals surface area contributed by atoms with E-state index in [1.165, 1.54) is 0 Å². The first-order valence-electron chi connectivity index (χ1n) is 4.92. The highest BCUT2D eigenvalue weighted by Crippen LogP contribution is 2.06. The van der Waals surface area contributed by atoms with Gasteiger partial charge in [0.2, 0.25) is 0 Å². The number of benzene rings is 1. The Labute approximate surface area is 105 Å². The van der Waals surface area contributed by atoms with E-state index >= 15 is 0 Å². The normalized spacial score (nSPS) is 8.33. The summed E-state index contributed by atoms with van der Waals surface area (Å²) in [4.78, 5) is 10.5. The highest BCUT2D eigenvalue weighted by atomic mass is 127. The first kappa shape index (κ1) is 14.3. The van der Waals surface area contributed by atoms with Crippen LogP contribution in [0.15, 0.2) is 30.5 Å². The quantitative estimate of drug-likeness (QED) is 0.542. The van der Waals surface area contributed by atoms with E-state index in [2.05, 4.69) is 32.6 Å². The van der Waals surface area contributed by atoms with Gasteiger partial charge in [-0.2, -0.15) is 0 Å². The lowest BCUT2D eigenvalue weighted by molar-refractivity contribution is 1.19. The van der Waals surface area contributed by atoms with Crippen molar-refractivity contribution in [2.75, 3.05) is 4.93 Å². The van der Waals surface area contributed by atoms with Crippen molar-refractivity contribution < 1.29 is 0 Å². The molecule has 0 radical (unpaired) electrons. The fourth-order valence-electron chi connectivity index (χ4n) is 1.05. The SMILES string of the molecule is CC.CI.Cc1cnc2ccccc2n1. The Balaban J connectivity index is 0.000000442. The maximum Gasteiger partial charge on any atom is 0.0889 e. The van der Waals surface area contributed by atoms with Crippen LogP contribution in [-0.2, 0) is 0 Å². The van der Waals surface area contributed by atoms with Gasteiger partial charge in [-0.3, -0.25) is 4.98 Å². The Morgan fingerprint density at radius 2 is 1.53 bits per heavy atom. The van der Waals surface area contributed by atoms with E-state index in [0.29, 0.717) is 0 Å². The van der Waals surface area contributed by atoms with Crippen LogP contribution < -0.4 is 0 Å². The van der Waals surface area contributed by atoms with Gasteiger partial charge in [0.15, 0.2) is 0 Å². The largest absolute Gasteiger partial charge is 0.253 e. The Morgan fingerprint density at radius 1 is 1.00 bits per heavy atom. The van der Waals surface area contributed by atoms with Crippen LogP contribution in [0.2, 0.25) is 0 Å². The number of para-hydroxylation sites is 2. The zero-order valence-electron chi connectivity index (χ0n) is 9.66. The van der Waals surface area contributed by atoms with E-state index in [1.54, 1.807) is 6.20 Å². The van der Waals surface area contributed by atoms with Crippen LogP contribution in [0.1, 0.15) is 19.5 Å². The van der Waals surface area contributed by atoms with Crippen molar-refractivity contribution >= 4 is 33.6 Å². The predicted molar refractivity (Wildman–Crippen MR) is 75.6 cm³/mol. The lowest BCUT2D eigenvalue weighted by atomic mass is 10.3. The molecule has 2 nitrogen and oxygen atoms in total. The molecule has 0 bridgehead atoms. The average molecular weight is 316 g/mol. The minimum atomic E-state index is 0.957. The molecule has 0 N–H and O–H groups in total. The third-order valence-corrected chi connectivity index (χ3v) is 1.57. The summed E-state index contributed by atoms with van der Waals surface area (Å²) in [6.45, 7) is 5.94. The maximum absolute atomic E-state index is 4.31. The summed E-state index contributed by atoms with van der Waals surface area (Å²) < 4.78 is 0. The van der Waals surface area contributed by atoms with Gasteiger partial charge in [0.1, 0.15) is 0 Å². The van der Waals surface area contributed by atoms with E-state index in [9.17, 15) is 0 Å². The number of hydrogen-bond acceptors (Lipinski definition) is 2. The molecule has 0 saturated heterocycles. The molecule has 0 atom stereocenters. The number of fused-ring (bicyclic) bond motifs is 1. The van der Waals surface area contributed by atoms with Gasteiger partial charge < -0.3 is 0 Å². The number of aryl methyl sites for hydroxylation is 1. The van der Waals surface area contributed by atoms with Crippen molar-refractivity contribution in [2.45, 2.75) is 20.8 Å². The fraction of sp³-hybridized carbons (Fsp3) is 0.333. The Kier molecular flexibility index (Phi) is 8.18. The van der Waals surface area contributed by atoms with Crippen LogP contribution in [0.4, 0.5) is 0 Å². The minimum Gasteiger partial charge on any atom is -0.253 e. The lowest BCUT2D eigenvalue weighted by Gasteiger charge is -1.95. The van der Waals surface area contributed by atoms with E-state index in [-0.39, 0.29) is 0 Å². The van der Waals surface area contributed by atoms with Gasteiger partial charge in [-0.05, 0) is 24.0 Å². The molecular formula is C12H17IN2. The summed E-state index contributed by atoms with van der Waals surface area (Å²) in [6.07, 6.45) is 1.78. The standard InChI is InChI=1S/C9H8N2.C2H6.CH3I/c1-7-6-10-8-4-2-3-5-9(8)11-7;2*1-2/h2-6H,1H3;1-2H3;1H3. The van der Waals surface area contributed by atoms with Gasteiger partial charge in [0.25, 0.3) is 0 Å². The van der Waals surface area contributed by atoms with E-state index in [0.717, 1.165) is 16.7 Å². The molecule has 0 unspecified atom stereocenters. The molecule has 0 aliphatic heterocycles. The number of nitrogens with zero attached hydrogens (tertiary/aromatic N) is 2. The zero-order chi connectivity index (χ0) is 11.7. The Morgan fingerprint density at radius 3 is 2.13 bits per heavy atom. The molecule has 3 heteroatoms.